The van der Waals surface area contributed by atoms with Gasteiger partial charge >= 0.3 is 5.97 Å². The molecule has 44 valence electrons. The zero-order valence-electron chi connectivity index (χ0n) is 4.29. The molecule has 0 radical (unpaired) electrons. The summed E-state index contributed by atoms with van der Waals surface area (Å²) in [6, 6.07) is 0. The molecule has 0 spiro atoms. The molecule has 0 bridgehead atoms. The Kier molecular flexibility index (Phi) is 6.17. The van der Waals surface area contributed by atoms with E-state index in [1.54, 1.807) is 13.8 Å². The van der Waals surface area contributed by atoms with Crippen LogP contribution < -0.4 is 0 Å². The van der Waals surface area contributed by atoms with Gasteiger partial charge in [0.05, 0.1) is 5.92 Å². The minimum atomic E-state index is -0.741. The van der Waals surface area contributed by atoms with Crippen LogP contribution in [0.3, 0.4) is 0 Å². The summed E-state index contributed by atoms with van der Waals surface area (Å²) >= 11 is 0. The van der Waals surface area contributed by atoms with E-state index < -0.39 is 5.97 Å². The normalized spacial score (nSPS) is 7.86. The average Bonchev–Trinajstić information content (AvgIpc) is 1.36. The van der Waals surface area contributed by atoms with Crippen LogP contribution >= 0.6 is 0 Å². The molecule has 0 rings (SSSR count). The van der Waals surface area contributed by atoms with Gasteiger partial charge in [0.25, 0.3) is 0 Å². The van der Waals surface area contributed by atoms with Crippen LogP contribution in [0.5, 0.6) is 0 Å². The standard InChI is InChI=1S/C4H8O2.Ru/c1-3(2)4(5)6;/h3H,1-2H3,(H,5,6);. The largest absolute Gasteiger partial charge is 0.481 e. The molecule has 0 aromatic carbocycles. The predicted molar refractivity (Wildman–Crippen MR) is 22.5 cm³/mol. The molecule has 0 fully saturated rings. The molecule has 0 aliphatic carbocycles. The van der Waals surface area contributed by atoms with Gasteiger partial charge in [0.1, 0.15) is 0 Å². The molecular formula is C4H8O2Ru. The van der Waals surface area contributed by atoms with Crippen LogP contribution in [0.4, 0.5) is 0 Å². The topological polar surface area (TPSA) is 37.3 Å². The molecule has 0 aromatic rings. The monoisotopic (exact) mass is 190 g/mol. The van der Waals surface area contributed by atoms with Crippen molar-refractivity contribution in [1.82, 2.24) is 0 Å². The van der Waals surface area contributed by atoms with E-state index in [9.17, 15) is 4.79 Å². The minimum Gasteiger partial charge on any atom is -0.481 e. The van der Waals surface area contributed by atoms with E-state index in [2.05, 4.69) is 0 Å². The first-order valence-electron chi connectivity index (χ1n) is 1.87. The third-order valence-corrected chi connectivity index (χ3v) is 0.494. The fourth-order valence-electron chi connectivity index (χ4n) is 0. The van der Waals surface area contributed by atoms with E-state index >= 15 is 0 Å². The number of hydrogen-bond acceptors (Lipinski definition) is 1. The van der Waals surface area contributed by atoms with Gasteiger partial charge in [-0.15, -0.1) is 0 Å². The average molecular weight is 189 g/mol. The summed E-state index contributed by atoms with van der Waals surface area (Å²) < 4.78 is 0. The van der Waals surface area contributed by atoms with Crippen molar-refractivity contribution in [2.75, 3.05) is 0 Å². The molecule has 0 unspecified atom stereocenters. The predicted octanol–water partition coefficient (Wildman–Crippen LogP) is 0.724. The van der Waals surface area contributed by atoms with E-state index in [4.69, 9.17) is 5.11 Å². The molecule has 7 heavy (non-hydrogen) atoms. The van der Waals surface area contributed by atoms with Gasteiger partial charge in [-0.2, -0.15) is 0 Å². The number of hydrogen-bond donors (Lipinski definition) is 1. The van der Waals surface area contributed by atoms with E-state index in [0.29, 0.717) is 0 Å². The van der Waals surface area contributed by atoms with Crippen LogP contribution in [0.15, 0.2) is 0 Å². The summed E-state index contributed by atoms with van der Waals surface area (Å²) in [6.07, 6.45) is 0. The summed E-state index contributed by atoms with van der Waals surface area (Å²) in [5.74, 6) is -0.972. The molecule has 0 aliphatic rings. The fourth-order valence-corrected chi connectivity index (χ4v) is 0. The van der Waals surface area contributed by atoms with E-state index in [-0.39, 0.29) is 25.4 Å². The zero-order valence-corrected chi connectivity index (χ0v) is 6.02. The maximum Gasteiger partial charge on any atom is 0.305 e. The molecular weight excluding hydrogens is 181 g/mol. The van der Waals surface area contributed by atoms with Crippen molar-refractivity contribution in [2.45, 2.75) is 13.8 Å². The first kappa shape index (κ1) is 10.2. The van der Waals surface area contributed by atoms with Gasteiger partial charge < -0.3 is 5.11 Å². The Morgan fingerprint density at radius 3 is 1.71 bits per heavy atom. The summed E-state index contributed by atoms with van der Waals surface area (Å²) in [5.41, 5.74) is 0. The van der Waals surface area contributed by atoms with Crippen molar-refractivity contribution >= 4 is 5.97 Å². The van der Waals surface area contributed by atoms with Gasteiger partial charge in [-0.3, -0.25) is 4.79 Å². The van der Waals surface area contributed by atoms with Crippen molar-refractivity contribution in [3.8, 4) is 0 Å². The van der Waals surface area contributed by atoms with Gasteiger partial charge in [0, 0.05) is 19.5 Å². The molecule has 0 heterocycles. The van der Waals surface area contributed by atoms with Crippen LogP contribution in [0.2, 0.25) is 0 Å². The third kappa shape index (κ3) is 6.09. The van der Waals surface area contributed by atoms with Crippen LogP contribution in [-0.4, -0.2) is 11.1 Å². The number of carboxylic acids is 1. The Morgan fingerprint density at radius 2 is 1.71 bits per heavy atom. The van der Waals surface area contributed by atoms with Gasteiger partial charge in [0.2, 0.25) is 0 Å². The van der Waals surface area contributed by atoms with Crippen molar-refractivity contribution in [1.29, 1.82) is 0 Å². The smallest absolute Gasteiger partial charge is 0.305 e. The van der Waals surface area contributed by atoms with E-state index in [0.717, 1.165) is 0 Å². The number of rotatable bonds is 1. The quantitative estimate of drug-likeness (QED) is 0.617. The number of aliphatic carboxylic acids is 1. The van der Waals surface area contributed by atoms with Gasteiger partial charge in [-0.25, -0.2) is 0 Å². The molecule has 1 N–H and O–H groups in total. The molecule has 0 aromatic heterocycles. The van der Waals surface area contributed by atoms with Gasteiger partial charge in [-0.1, -0.05) is 13.8 Å². The Balaban J connectivity index is 0. The summed E-state index contributed by atoms with van der Waals surface area (Å²) in [5, 5.41) is 7.99. The second kappa shape index (κ2) is 4.26. The maximum absolute atomic E-state index is 9.70. The Labute approximate surface area is 55.7 Å². The first-order valence-corrected chi connectivity index (χ1v) is 1.87. The second-order valence-electron chi connectivity index (χ2n) is 1.49. The van der Waals surface area contributed by atoms with Crippen LogP contribution in [-0.2, 0) is 24.3 Å². The molecule has 0 saturated carbocycles. The third-order valence-electron chi connectivity index (χ3n) is 0.494. The van der Waals surface area contributed by atoms with E-state index in [1.807, 2.05) is 0 Å². The van der Waals surface area contributed by atoms with Crippen LogP contribution in [0, 0.1) is 5.92 Å². The molecule has 3 heteroatoms. The van der Waals surface area contributed by atoms with Gasteiger partial charge in [0.15, 0.2) is 0 Å². The summed E-state index contributed by atoms with van der Waals surface area (Å²) in [4.78, 5) is 9.70. The first-order chi connectivity index (χ1) is 2.64. The minimum absolute atomic E-state index is 0. The SMILES string of the molecule is CC(C)C(=O)O.[Ru]. The Hall–Kier alpha value is 0.0934. The second-order valence-corrected chi connectivity index (χ2v) is 1.49. The molecule has 2 nitrogen and oxygen atoms in total. The molecule has 0 atom stereocenters. The summed E-state index contributed by atoms with van der Waals surface area (Å²) in [6.45, 7) is 3.28. The Morgan fingerprint density at radius 1 is 1.57 bits per heavy atom. The van der Waals surface area contributed by atoms with Crippen LogP contribution in [0.1, 0.15) is 13.8 Å². The number of carboxylic acid groups (broad SMARTS) is 1. The van der Waals surface area contributed by atoms with Crippen molar-refractivity contribution in [3.05, 3.63) is 0 Å². The maximum atomic E-state index is 9.70. The summed E-state index contributed by atoms with van der Waals surface area (Å²) in [7, 11) is 0. The van der Waals surface area contributed by atoms with Crippen molar-refractivity contribution in [2.24, 2.45) is 5.92 Å². The van der Waals surface area contributed by atoms with Crippen molar-refractivity contribution in [3.63, 3.8) is 0 Å². The van der Waals surface area contributed by atoms with Crippen LogP contribution in [0.25, 0.3) is 0 Å². The van der Waals surface area contributed by atoms with Crippen molar-refractivity contribution < 1.29 is 29.4 Å². The van der Waals surface area contributed by atoms with Gasteiger partial charge in [-0.05, 0) is 0 Å². The Bertz CT molecular complexity index is 60.7. The molecule has 0 saturated heterocycles. The fraction of sp³-hybridized carbons (Fsp3) is 0.750. The molecule has 0 amide bonds. The molecule has 0 aliphatic heterocycles. The zero-order chi connectivity index (χ0) is 5.15. The number of carbonyl (C=O) groups is 1. The van der Waals surface area contributed by atoms with E-state index in [1.165, 1.54) is 0 Å².